The quantitative estimate of drug-likeness (QED) is 0.871. The number of rotatable bonds is 3. The highest BCUT2D eigenvalue weighted by Crippen LogP contribution is 2.12. The van der Waals surface area contributed by atoms with Crippen LogP contribution >= 0.6 is 0 Å². The first-order valence-corrected chi connectivity index (χ1v) is 6.55. The van der Waals surface area contributed by atoms with Crippen molar-refractivity contribution in [3.63, 3.8) is 0 Å². The van der Waals surface area contributed by atoms with E-state index in [1.165, 1.54) is 0 Å². The number of nitrogens with one attached hydrogen (secondary N) is 1. The first kappa shape index (κ1) is 13.0. The molecule has 1 aliphatic rings. The van der Waals surface area contributed by atoms with Gasteiger partial charge in [-0.15, -0.1) is 0 Å². The van der Waals surface area contributed by atoms with Gasteiger partial charge in [0.2, 0.25) is 5.91 Å². The lowest BCUT2D eigenvalue weighted by Gasteiger charge is -2.31. The average Bonchev–Trinajstić information content (AvgIpc) is 2.41. The van der Waals surface area contributed by atoms with Crippen LogP contribution in [0, 0.1) is 6.92 Å². The van der Waals surface area contributed by atoms with Gasteiger partial charge in [-0.05, 0) is 44.5 Å². The summed E-state index contributed by atoms with van der Waals surface area (Å²) in [6, 6.07) is 4.28. The number of aryl methyl sites for hydroxylation is 1. The molecule has 1 N–H and O–H groups in total. The number of pyridine rings is 1. The second-order valence-corrected chi connectivity index (χ2v) is 4.93. The van der Waals surface area contributed by atoms with Crippen LogP contribution in [0.3, 0.4) is 0 Å². The first-order valence-electron chi connectivity index (χ1n) is 6.55. The summed E-state index contributed by atoms with van der Waals surface area (Å²) in [5, 5.41) is 3.32. The van der Waals surface area contributed by atoms with E-state index >= 15 is 0 Å². The molecule has 2 heterocycles. The molecule has 4 heteroatoms. The van der Waals surface area contributed by atoms with E-state index in [0.717, 1.165) is 37.2 Å². The van der Waals surface area contributed by atoms with Gasteiger partial charge >= 0.3 is 0 Å². The molecule has 0 atom stereocenters. The molecular formula is C14H21N3O. The summed E-state index contributed by atoms with van der Waals surface area (Å²) in [7, 11) is 1.91. The van der Waals surface area contributed by atoms with Crippen molar-refractivity contribution in [3.8, 4) is 0 Å². The van der Waals surface area contributed by atoms with E-state index in [2.05, 4.69) is 10.3 Å². The Balaban J connectivity index is 1.97. The molecule has 0 unspecified atom stereocenters. The van der Waals surface area contributed by atoms with Crippen molar-refractivity contribution in [2.24, 2.45) is 0 Å². The minimum absolute atomic E-state index is 0.170. The van der Waals surface area contributed by atoms with E-state index in [-0.39, 0.29) is 5.91 Å². The zero-order valence-corrected chi connectivity index (χ0v) is 11.1. The number of carbonyl (C=O) groups excluding carboxylic acids is 1. The predicted octanol–water partition coefficient (Wildman–Crippen LogP) is 1.14. The van der Waals surface area contributed by atoms with Gasteiger partial charge in [-0.2, -0.15) is 0 Å². The van der Waals surface area contributed by atoms with Gasteiger partial charge in [0.05, 0.1) is 12.1 Å². The van der Waals surface area contributed by atoms with Crippen LogP contribution in [0.25, 0.3) is 0 Å². The molecule has 1 aromatic heterocycles. The van der Waals surface area contributed by atoms with Gasteiger partial charge < -0.3 is 10.2 Å². The molecule has 0 saturated carbocycles. The Hall–Kier alpha value is -1.42. The summed E-state index contributed by atoms with van der Waals surface area (Å²) >= 11 is 0. The van der Waals surface area contributed by atoms with Gasteiger partial charge in [-0.3, -0.25) is 9.78 Å². The summed E-state index contributed by atoms with van der Waals surface area (Å²) in [5.74, 6) is 0.170. The number of nitrogens with zero attached hydrogens (tertiary/aromatic N) is 2. The van der Waals surface area contributed by atoms with Crippen molar-refractivity contribution >= 4 is 5.91 Å². The van der Waals surface area contributed by atoms with Crippen LogP contribution in [-0.2, 0) is 11.2 Å². The highest BCUT2D eigenvalue weighted by atomic mass is 16.2. The fraction of sp³-hybridized carbons (Fsp3) is 0.571. The van der Waals surface area contributed by atoms with Crippen molar-refractivity contribution in [2.75, 3.05) is 20.1 Å². The summed E-state index contributed by atoms with van der Waals surface area (Å²) in [5.41, 5.74) is 1.98. The number of aromatic nitrogens is 1. The van der Waals surface area contributed by atoms with Gasteiger partial charge in [0.25, 0.3) is 0 Å². The van der Waals surface area contributed by atoms with E-state index in [1.54, 1.807) is 6.20 Å². The molecule has 0 bridgehead atoms. The molecule has 1 saturated heterocycles. The largest absolute Gasteiger partial charge is 0.342 e. The number of hydrogen-bond acceptors (Lipinski definition) is 3. The fourth-order valence-electron chi connectivity index (χ4n) is 2.37. The molecule has 1 fully saturated rings. The minimum Gasteiger partial charge on any atom is -0.342 e. The smallest absolute Gasteiger partial charge is 0.228 e. The molecule has 0 aliphatic carbocycles. The predicted molar refractivity (Wildman–Crippen MR) is 71.3 cm³/mol. The van der Waals surface area contributed by atoms with Crippen molar-refractivity contribution in [1.82, 2.24) is 15.2 Å². The van der Waals surface area contributed by atoms with Crippen LogP contribution in [0.5, 0.6) is 0 Å². The zero-order chi connectivity index (χ0) is 13.0. The maximum atomic E-state index is 12.2. The van der Waals surface area contributed by atoms with Gasteiger partial charge in [0, 0.05) is 19.3 Å². The lowest BCUT2D eigenvalue weighted by Crippen LogP contribution is -2.44. The van der Waals surface area contributed by atoms with Gasteiger partial charge in [-0.1, -0.05) is 6.07 Å². The number of hydrogen-bond donors (Lipinski definition) is 1. The Labute approximate surface area is 108 Å². The average molecular weight is 247 g/mol. The second kappa shape index (κ2) is 5.96. The summed E-state index contributed by atoms with van der Waals surface area (Å²) < 4.78 is 0. The maximum Gasteiger partial charge on any atom is 0.228 e. The molecule has 1 amide bonds. The molecule has 1 aliphatic heterocycles. The molecule has 1 aromatic rings. The highest BCUT2D eigenvalue weighted by molar-refractivity contribution is 5.78. The van der Waals surface area contributed by atoms with Gasteiger partial charge in [0.15, 0.2) is 0 Å². The standard InChI is InChI=1S/C14H21N3O/c1-11-4-3-7-16-13(11)10-14(18)17(2)12-5-8-15-9-6-12/h3-4,7,12,15H,5-6,8-10H2,1-2H3. The van der Waals surface area contributed by atoms with Crippen LogP contribution in [0.2, 0.25) is 0 Å². The van der Waals surface area contributed by atoms with Gasteiger partial charge in [0.1, 0.15) is 0 Å². The summed E-state index contributed by atoms with van der Waals surface area (Å²) in [6.45, 7) is 4.01. The van der Waals surface area contributed by atoms with Crippen LogP contribution in [0.15, 0.2) is 18.3 Å². The van der Waals surface area contributed by atoms with Crippen molar-refractivity contribution in [3.05, 3.63) is 29.6 Å². The SMILES string of the molecule is Cc1cccnc1CC(=O)N(C)C1CCNCC1. The number of carbonyl (C=O) groups is 1. The lowest BCUT2D eigenvalue weighted by molar-refractivity contribution is -0.131. The Morgan fingerprint density at radius 2 is 2.22 bits per heavy atom. The molecule has 98 valence electrons. The molecule has 18 heavy (non-hydrogen) atoms. The monoisotopic (exact) mass is 247 g/mol. The van der Waals surface area contributed by atoms with E-state index in [1.807, 2.05) is 31.0 Å². The van der Waals surface area contributed by atoms with Crippen LogP contribution < -0.4 is 5.32 Å². The molecule has 0 radical (unpaired) electrons. The third kappa shape index (κ3) is 3.07. The normalized spacial score (nSPS) is 16.6. The van der Waals surface area contributed by atoms with Crippen molar-refractivity contribution in [1.29, 1.82) is 0 Å². The summed E-state index contributed by atoms with van der Waals surface area (Å²) in [6.07, 6.45) is 4.25. The van der Waals surface area contributed by atoms with Crippen LogP contribution in [0.1, 0.15) is 24.1 Å². The minimum atomic E-state index is 0.170. The van der Waals surface area contributed by atoms with E-state index in [9.17, 15) is 4.79 Å². The molecule has 2 rings (SSSR count). The van der Waals surface area contributed by atoms with Crippen molar-refractivity contribution in [2.45, 2.75) is 32.2 Å². The molecule has 0 aromatic carbocycles. The van der Waals surface area contributed by atoms with E-state index in [4.69, 9.17) is 0 Å². The Morgan fingerprint density at radius 1 is 1.50 bits per heavy atom. The Kier molecular flexibility index (Phi) is 4.31. The first-order chi connectivity index (χ1) is 8.68. The third-order valence-electron chi connectivity index (χ3n) is 3.69. The van der Waals surface area contributed by atoms with Crippen molar-refractivity contribution < 1.29 is 4.79 Å². The number of likely N-dealkylation sites (N-methyl/N-ethyl adjacent to an activating group) is 1. The highest BCUT2D eigenvalue weighted by Gasteiger charge is 2.22. The van der Waals surface area contributed by atoms with Gasteiger partial charge in [-0.25, -0.2) is 0 Å². The Morgan fingerprint density at radius 3 is 2.89 bits per heavy atom. The maximum absolute atomic E-state index is 12.2. The fourth-order valence-corrected chi connectivity index (χ4v) is 2.37. The third-order valence-corrected chi connectivity index (χ3v) is 3.69. The molecule has 4 nitrogen and oxygen atoms in total. The molecule has 0 spiro atoms. The zero-order valence-electron chi connectivity index (χ0n) is 11.1. The molecular weight excluding hydrogens is 226 g/mol. The number of amides is 1. The Bertz CT molecular complexity index is 413. The van der Waals surface area contributed by atoms with E-state index < -0.39 is 0 Å². The van der Waals surface area contributed by atoms with Crippen LogP contribution in [0.4, 0.5) is 0 Å². The second-order valence-electron chi connectivity index (χ2n) is 4.93. The topological polar surface area (TPSA) is 45.2 Å². The van der Waals surface area contributed by atoms with Crippen LogP contribution in [-0.4, -0.2) is 42.0 Å². The number of piperidine rings is 1. The lowest BCUT2D eigenvalue weighted by atomic mass is 10.0. The summed E-state index contributed by atoms with van der Waals surface area (Å²) in [4.78, 5) is 18.4. The van der Waals surface area contributed by atoms with E-state index in [0.29, 0.717) is 12.5 Å².